The van der Waals surface area contributed by atoms with E-state index >= 15 is 0 Å². The van der Waals surface area contributed by atoms with E-state index in [-0.39, 0.29) is 0 Å². The van der Waals surface area contributed by atoms with Gasteiger partial charge in [-0.25, -0.2) is 0 Å². The number of nitriles is 2. The third-order valence-electron chi connectivity index (χ3n) is 13.6. The third kappa shape index (κ3) is 4.12. The summed E-state index contributed by atoms with van der Waals surface area (Å²) in [6.45, 7) is 0. The molecule has 0 bridgehead atoms. The summed E-state index contributed by atoms with van der Waals surface area (Å²) < 4.78 is 0. The Balaban J connectivity index is 1.21. The first kappa shape index (κ1) is 33.6. The molecule has 0 radical (unpaired) electrons. The summed E-state index contributed by atoms with van der Waals surface area (Å²) in [5.74, 6) is 0. The van der Waals surface area contributed by atoms with Crippen molar-refractivity contribution in [1.82, 2.24) is 9.97 Å². The average Bonchev–Trinajstić information content (AvgIpc) is 3.79. The van der Waals surface area contributed by atoms with Crippen molar-refractivity contribution in [3.8, 4) is 56.9 Å². The Morgan fingerprint density at radius 1 is 0.377 bits per heavy atom. The number of hydrogen-bond donors (Lipinski definition) is 0. The number of para-hydroxylation sites is 1. The fourth-order valence-corrected chi connectivity index (χ4v) is 11.3. The van der Waals surface area contributed by atoms with Gasteiger partial charge in [-0.05, 0) is 103 Å². The topological polar surface area (TPSA) is 76.6 Å². The second-order valence-corrected chi connectivity index (χ2v) is 16.3. The van der Waals surface area contributed by atoms with Gasteiger partial charge in [0.25, 0.3) is 0 Å². The normalized spacial score (nSPS) is 14.4. The van der Waals surface area contributed by atoms with Gasteiger partial charge in [-0.15, -0.1) is 0 Å². The van der Waals surface area contributed by atoms with Crippen LogP contribution in [0.25, 0.3) is 44.8 Å². The molecule has 2 aliphatic heterocycles. The van der Waals surface area contributed by atoms with Crippen molar-refractivity contribution >= 4 is 17.1 Å². The first-order valence-corrected chi connectivity index (χ1v) is 20.5. The minimum absolute atomic E-state index is 0.523. The van der Waals surface area contributed by atoms with E-state index in [0.29, 0.717) is 11.1 Å². The second kappa shape index (κ2) is 12.1. The lowest BCUT2D eigenvalue weighted by Gasteiger charge is -2.52. The first-order valence-electron chi connectivity index (χ1n) is 20.5. The highest BCUT2D eigenvalue weighted by Gasteiger charge is 2.58. The van der Waals surface area contributed by atoms with E-state index in [1.165, 1.54) is 66.8 Å². The summed E-state index contributed by atoms with van der Waals surface area (Å²) in [6.07, 6.45) is 3.30. The van der Waals surface area contributed by atoms with Crippen molar-refractivity contribution in [2.45, 2.75) is 10.8 Å². The highest BCUT2D eigenvalue weighted by atomic mass is 15.2. The maximum absolute atomic E-state index is 9.65. The zero-order valence-electron chi connectivity index (χ0n) is 32.6. The molecule has 4 heterocycles. The highest BCUT2D eigenvalue weighted by molar-refractivity contribution is 6.03. The monoisotopic (exact) mass is 773 g/mol. The van der Waals surface area contributed by atoms with Crippen LogP contribution in [-0.2, 0) is 10.8 Å². The molecule has 2 aliphatic carbocycles. The van der Waals surface area contributed by atoms with Gasteiger partial charge >= 0.3 is 0 Å². The number of fused-ring (bicyclic) bond motifs is 18. The summed E-state index contributed by atoms with van der Waals surface area (Å²) >= 11 is 0. The minimum atomic E-state index is -0.649. The molecule has 7 aromatic carbocycles. The van der Waals surface area contributed by atoms with Crippen molar-refractivity contribution in [3.05, 3.63) is 244 Å². The molecule has 0 saturated heterocycles. The van der Waals surface area contributed by atoms with Crippen molar-refractivity contribution in [2.75, 3.05) is 4.90 Å². The van der Waals surface area contributed by atoms with E-state index < -0.39 is 10.8 Å². The molecule has 2 spiro atoms. The molecule has 9 aromatic rings. The molecule has 13 rings (SSSR count). The second-order valence-electron chi connectivity index (χ2n) is 16.3. The summed E-state index contributed by atoms with van der Waals surface area (Å²) in [7, 11) is 0. The maximum Gasteiger partial charge on any atom is 0.101 e. The Kier molecular flexibility index (Phi) is 6.65. The van der Waals surface area contributed by atoms with Gasteiger partial charge in [0, 0.05) is 23.5 Å². The maximum atomic E-state index is 9.65. The van der Waals surface area contributed by atoms with E-state index in [4.69, 9.17) is 9.97 Å². The summed E-state index contributed by atoms with van der Waals surface area (Å²) in [4.78, 5) is 12.1. The number of rotatable bonds is 2. The standard InChI is InChI=1S/C56H31N5/c57-30-34-20-26-50(59-32-34)36-22-24-46-52(28-36)61-53-29-37(51-27-21-35(31-58)33-60-51)23-25-47(53)56(44-16-7-3-12-40(44)41-13-4-8-17-45(41)56)49-19-9-18-48(54(49)61)55(46)42-14-5-1-10-38(42)39-11-2-6-15-43(39)55/h1-29,32-33H. The van der Waals surface area contributed by atoms with E-state index in [1.54, 1.807) is 12.4 Å². The number of benzene rings is 7. The molecular formula is C56H31N5. The van der Waals surface area contributed by atoms with Crippen LogP contribution in [0.1, 0.15) is 55.6 Å². The molecule has 4 aliphatic rings. The average molecular weight is 774 g/mol. The zero-order valence-corrected chi connectivity index (χ0v) is 32.6. The fourth-order valence-electron chi connectivity index (χ4n) is 11.3. The molecule has 61 heavy (non-hydrogen) atoms. The van der Waals surface area contributed by atoms with Crippen LogP contribution in [0.2, 0.25) is 0 Å². The molecule has 0 saturated carbocycles. The number of hydrogen-bond acceptors (Lipinski definition) is 5. The van der Waals surface area contributed by atoms with Crippen LogP contribution in [0.4, 0.5) is 17.1 Å². The van der Waals surface area contributed by atoms with Gasteiger partial charge in [-0.3, -0.25) is 9.97 Å². The summed E-state index contributed by atoms with van der Waals surface area (Å²) in [6, 6.07) is 68.4. The smallest absolute Gasteiger partial charge is 0.101 e. The van der Waals surface area contributed by atoms with Gasteiger partial charge in [0.05, 0.1) is 50.4 Å². The number of pyridine rings is 2. The van der Waals surface area contributed by atoms with Gasteiger partial charge in [0.1, 0.15) is 12.1 Å². The summed E-state index contributed by atoms with van der Waals surface area (Å²) in [5, 5.41) is 19.3. The van der Waals surface area contributed by atoms with Crippen molar-refractivity contribution in [1.29, 1.82) is 10.5 Å². The Labute approximate surface area is 352 Å². The van der Waals surface area contributed by atoms with Crippen molar-refractivity contribution < 1.29 is 0 Å². The Morgan fingerprint density at radius 3 is 1.11 bits per heavy atom. The van der Waals surface area contributed by atoms with Crippen molar-refractivity contribution in [2.24, 2.45) is 0 Å². The molecule has 0 atom stereocenters. The third-order valence-corrected chi connectivity index (χ3v) is 13.6. The van der Waals surface area contributed by atoms with Crippen LogP contribution in [0, 0.1) is 22.7 Å². The molecule has 0 N–H and O–H groups in total. The van der Waals surface area contributed by atoms with E-state index in [9.17, 15) is 10.5 Å². The fraction of sp³-hybridized carbons (Fsp3) is 0.0357. The van der Waals surface area contributed by atoms with E-state index in [0.717, 1.165) is 39.6 Å². The number of aromatic nitrogens is 2. The quantitative estimate of drug-likeness (QED) is 0.175. The van der Waals surface area contributed by atoms with Gasteiger partial charge in [-0.1, -0.05) is 140 Å². The molecule has 280 valence electrons. The SMILES string of the molecule is N#Cc1ccc(-c2ccc3c(c2)N2c4cc(-c5ccc(C#N)cn5)ccc4C4(c5ccccc5-c5ccccc54)c4cccc(c42)C32c3ccccc3-c3ccccc32)nc1. The van der Waals surface area contributed by atoms with E-state index in [2.05, 4.69) is 169 Å². The number of nitrogens with zero attached hydrogens (tertiary/aromatic N) is 5. The molecule has 0 unspecified atom stereocenters. The largest absolute Gasteiger partial charge is 0.309 e. The van der Waals surface area contributed by atoms with Gasteiger partial charge in [0.15, 0.2) is 0 Å². The lowest BCUT2D eigenvalue weighted by Crippen LogP contribution is -2.42. The molecule has 5 heteroatoms. The molecule has 0 amide bonds. The summed E-state index contributed by atoms with van der Waals surface area (Å²) in [5.41, 5.74) is 21.4. The Bertz CT molecular complexity index is 3140. The molecule has 2 aromatic heterocycles. The first-order chi connectivity index (χ1) is 30.2. The van der Waals surface area contributed by atoms with Crippen LogP contribution in [-0.4, -0.2) is 9.97 Å². The zero-order chi connectivity index (χ0) is 40.5. The van der Waals surface area contributed by atoms with Gasteiger partial charge in [-0.2, -0.15) is 10.5 Å². The minimum Gasteiger partial charge on any atom is -0.309 e. The molecule has 0 fully saturated rings. The Morgan fingerprint density at radius 2 is 0.754 bits per heavy atom. The van der Waals surface area contributed by atoms with Crippen LogP contribution in [0.3, 0.4) is 0 Å². The van der Waals surface area contributed by atoms with Crippen molar-refractivity contribution in [3.63, 3.8) is 0 Å². The van der Waals surface area contributed by atoms with Gasteiger partial charge in [0.2, 0.25) is 0 Å². The van der Waals surface area contributed by atoms with Crippen LogP contribution >= 0.6 is 0 Å². The van der Waals surface area contributed by atoms with Crippen LogP contribution in [0.15, 0.2) is 188 Å². The predicted molar refractivity (Wildman–Crippen MR) is 239 cm³/mol. The molecular weight excluding hydrogens is 743 g/mol. The molecule has 5 nitrogen and oxygen atoms in total. The van der Waals surface area contributed by atoms with Crippen LogP contribution < -0.4 is 4.90 Å². The van der Waals surface area contributed by atoms with Crippen LogP contribution in [0.5, 0.6) is 0 Å². The Hall–Kier alpha value is -8.38. The number of anilines is 3. The predicted octanol–water partition coefficient (Wildman–Crippen LogP) is 12.4. The lowest BCUT2D eigenvalue weighted by molar-refractivity contribution is 0.708. The lowest BCUT2D eigenvalue weighted by atomic mass is 9.59. The van der Waals surface area contributed by atoms with E-state index in [1.807, 2.05) is 24.3 Å². The highest BCUT2D eigenvalue weighted by Crippen LogP contribution is 2.70. The van der Waals surface area contributed by atoms with Gasteiger partial charge < -0.3 is 4.90 Å².